The van der Waals surface area contributed by atoms with Crippen molar-refractivity contribution in [3.05, 3.63) is 0 Å². The molecule has 4 heteroatoms. The fraction of sp³-hybridized carbons (Fsp3) is 0.917. The summed E-state index contributed by atoms with van der Waals surface area (Å²) in [6.07, 6.45) is 3.94. The van der Waals surface area contributed by atoms with E-state index in [9.17, 15) is 0 Å². The second-order valence-electron chi connectivity index (χ2n) is 5.10. The first-order valence-corrected chi connectivity index (χ1v) is 7.35. The number of thioether (sulfide) groups is 1. The van der Waals surface area contributed by atoms with E-state index in [0.29, 0.717) is 6.04 Å². The van der Waals surface area contributed by atoms with Crippen LogP contribution in [0.5, 0.6) is 0 Å². The first-order chi connectivity index (χ1) is 7.74. The van der Waals surface area contributed by atoms with Crippen LogP contribution in [-0.2, 0) is 0 Å². The highest BCUT2D eigenvalue weighted by Crippen LogP contribution is 2.17. The molecule has 92 valence electrons. The van der Waals surface area contributed by atoms with E-state index in [4.69, 9.17) is 4.99 Å². The molecule has 0 radical (unpaired) electrons. The first kappa shape index (κ1) is 12.2. The van der Waals surface area contributed by atoms with E-state index >= 15 is 0 Å². The molecule has 0 bridgehead atoms. The highest BCUT2D eigenvalue weighted by atomic mass is 32.2. The molecule has 1 N–H and O–H groups in total. The fourth-order valence-electron chi connectivity index (χ4n) is 2.38. The maximum Gasteiger partial charge on any atom is 0.156 e. The Bertz CT molecular complexity index is 255. The van der Waals surface area contributed by atoms with Crippen LogP contribution >= 0.6 is 11.8 Å². The van der Waals surface area contributed by atoms with Gasteiger partial charge >= 0.3 is 0 Å². The first-order valence-electron chi connectivity index (χ1n) is 6.36. The summed E-state index contributed by atoms with van der Waals surface area (Å²) in [6, 6.07) is 0.606. The average molecular weight is 241 g/mol. The molecule has 2 aliphatic rings. The van der Waals surface area contributed by atoms with Crippen molar-refractivity contribution in [3.63, 3.8) is 0 Å². The van der Waals surface area contributed by atoms with Crippen molar-refractivity contribution in [2.24, 2.45) is 10.9 Å². The van der Waals surface area contributed by atoms with Gasteiger partial charge in [0.25, 0.3) is 0 Å². The van der Waals surface area contributed by atoms with Crippen LogP contribution in [0.25, 0.3) is 0 Å². The van der Waals surface area contributed by atoms with Gasteiger partial charge in [-0.3, -0.25) is 4.99 Å². The molecular formula is C12H23N3S. The topological polar surface area (TPSA) is 27.6 Å². The van der Waals surface area contributed by atoms with Crippen LogP contribution in [0.3, 0.4) is 0 Å². The molecule has 0 aromatic rings. The summed E-state index contributed by atoms with van der Waals surface area (Å²) in [5.41, 5.74) is 0. The minimum atomic E-state index is 0.606. The van der Waals surface area contributed by atoms with Crippen LogP contribution in [0.15, 0.2) is 4.99 Å². The van der Waals surface area contributed by atoms with Gasteiger partial charge in [0.15, 0.2) is 5.17 Å². The molecule has 16 heavy (non-hydrogen) atoms. The normalized spacial score (nSPS) is 35.0. The summed E-state index contributed by atoms with van der Waals surface area (Å²) >= 11 is 1.88. The second-order valence-corrected chi connectivity index (χ2v) is 6.18. The molecule has 0 amide bonds. The van der Waals surface area contributed by atoms with Crippen molar-refractivity contribution >= 4 is 16.9 Å². The van der Waals surface area contributed by atoms with E-state index in [-0.39, 0.29) is 0 Å². The molecule has 2 heterocycles. The number of hydrogen-bond donors (Lipinski definition) is 1. The van der Waals surface area contributed by atoms with E-state index in [1.165, 1.54) is 43.3 Å². The zero-order valence-corrected chi connectivity index (χ0v) is 11.2. The molecule has 2 unspecified atom stereocenters. The van der Waals surface area contributed by atoms with Crippen LogP contribution in [0.4, 0.5) is 0 Å². The average Bonchev–Trinajstić information content (AvgIpc) is 2.27. The summed E-state index contributed by atoms with van der Waals surface area (Å²) in [5, 5.41) is 4.64. The van der Waals surface area contributed by atoms with Gasteiger partial charge in [-0.2, -0.15) is 0 Å². The minimum absolute atomic E-state index is 0.606. The summed E-state index contributed by atoms with van der Waals surface area (Å²) in [6.45, 7) is 5.73. The minimum Gasteiger partial charge on any atom is -0.362 e. The molecule has 0 aliphatic carbocycles. The van der Waals surface area contributed by atoms with Crippen molar-refractivity contribution in [2.75, 3.05) is 32.4 Å². The van der Waals surface area contributed by atoms with E-state index in [1.807, 2.05) is 11.8 Å². The number of piperidine rings is 1. The zero-order chi connectivity index (χ0) is 11.4. The fourth-order valence-corrected chi connectivity index (χ4v) is 3.50. The molecule has 2 fully saturated rings. The quantitative estimate of drug-likeness (QED) is 0.799. The number of rotatable bonds is 2. The smallest absolute Gasteiger partial charge is 0.156 e. The van der Waals surface area contributed by atoms with E-state index in [2.05, 4.69) is 24.2 Å². The number of nitrogens with one attached hydrogen (secondary N) is 1. The van der Waals surface area contributed by atoms with Crippen LogP contribution in [0.1, 0.15) is 26.2 Å². The van der Waals surface area contributed by atoms with Crippen LogP contribution in [-0.4, -0.2) is 48.5 Å². The van der Waals surface area contributed by atoms with Gasteiger partial charge in [0.1, 0.15) is 0 Å². The predicted molar refractivity (Wildman–Crippen MR) is 72.2 cm³/mol. The Morgan fingerprint density at radius 2 is 2.38 bits per heavy atom. The monoisotopic (exact) mass is 241 g/mol. The molecule has 2 atom stereocenters. The lowest BCUT2D eigenvalue weighted by Gasteiger charge is -2.29. The molecule has 0 saturated carbocycles. The lowest BCUT2D eigenvalue weighted by atomic mass is 9.99. The highest BCUT2D eigenvalue weighted by molar-refractivity contribution is 8.13. The van der Waals surface area contributed by atoms with Gasteiger partial charge in [-0.15, -0.1) is 0 Å². The third-order valence-corrected chi connectivity index (χ3v) is 4.33. The maximum absolute atomic E-state index is 4.73. The third-order valence-electron chi connectivity index (χ3n) is 3.37. The Morgan fingerprint density at radius 3 is 3.12 bits per heavy atom. The summed E-state index contributed by atoms with van der Waals surface area (Å²) in [7, 11) is 2.22. The predicted octanol–water partition coefficient (Wildman–Crippen LogP) is 1.80. The summed E-state index contributed by atoms with van der Waals surface area (Å²) in [5.74, 6) is 1.99. The van der Waals surface area contributed by atoms with Crippen LogP contribution in [0.2, 0.25) is 0 Å². The van der Waals surface area contributed by atoms with Crippen molar-refractivity contribution in [2.45, 2.75) is 32.2 Å². The third kappa shape index (κ3) is 3.67. The maximum atomic E-state index is 4.73. The molecule has 2 aliphatic heterocycles. The molecule has 0 spiro atoms. The van der Waals surface area contributed by atoms with Crippen LogP contribution < -0.4 is 5.32 Å². The van der Waals surface area contributed by atoms with E-state index in [1.54, 1.807) is 0 Å². The van der Waals surface area contributed by atoms with Crippen LogP contribution in [0, 0.1) is 5.92 Å². The second kappa shape index (κ2) is 5.92. The van der Waals surface area contributed by atoms with Crippen molar-refractivity contribution in [1.29, 1.82) is 0 Å². The molecule has 3 nitrogen and oxygen atoms in total. The van der Waals surface area contributed by atoms with E-state index in [0.717, 1.165) is 12.5 Å². The Balaban J connectivity index is 1.78. The Hall–Kier alpha value is -0.220. The zero-order valence-electron chi connectivity index (χ0n) is 10.4. The molecular weight excluding hydrogens is 218 g/mol. The van der Waals surface area contributed by atoms with Crippen molar-refractivity contribution in [1.82, 2.24) is 10.2 Å². The number of aliphatic imine (C=N–C) groups is 1. The lowest BCUT2D eigenvalue weighted by molar-refractivity contribution is 0.214. The molecule has 0 aromatic carbocycles. The number of likely N-dealkylation sites (tertiary alicyclic amines) is 1. The van der Waals surface area contributed by atoms with Gasteiger partial charge in [-0.1, -0.05) is 11.8 Å². The number of amidine groups is 1. The molecule has 2 rings (SSSR count). The Labute approximate surface area is 103 Å². The molecule has 0 aromatic heterocycles. The van der Waals surface area contributed by atoms with E-state index < -0.39 is 0 Å². The number of nitrogens with zero attached hydrogens (tertiary/aromatic N) is 2. The standard InChI is InChI=1S/C12H23N3S/c1-10-5-7-16-12(14-10)13-8-11-4-3-6-15(2)9-11/h10-11H,3-9H2,1-2H3,(H,13,14). The molecule has 2 saturated heterocycles. The highest BCUT2D eigenvalue weighted by Gasteiger charge is 2.18. The van der Waals surface area contributed by atoms with Crippen molar-refractivity contribution in [3.8, 4) is 0 Å². The van der Waals surface area contributed by atoms with Gasteiger partial charge in [0.2, 0.25) is 0 Å². The van der Waals surface area contributed by atoms with Gasteiger partial charge < -0.3 is 10.2 Å². The summed E-state index contributed by atoms with van der Waals surface area (Å²) < 4.78 is 0. The Kier molecular flexibility index (Phi) is 4.53. The van der Waals surface area contributed by atoms with Gasteiger partial charge in [-0.05, 0) is 45.7 Å². The number of hydrogen-bond acceptors (Lipinski definition) is 3. The largest absolute Gasteiger partial charge is 0.362 e. The van der Waals surface area contributed by atoms with Gasteiger partial charge in [-0.25, -0.2) is 0 Å². The SMILES string of the molecule is CC1CCSC(=NCC2CCCN(C)C2)N1. The Morgan fingerprint density at radius 1 is 1.50 bits per heavy atom. The van der Waals surface area contributed by atoms with Crippen molar-refractivity contribution < 1.29 is 0 Å². The lowest BCUT2D eigenvalue weighted by Crippen LogP contribution is -2.37. The summed E-state index contributed by atoms with van der Waals surface area (Å²) in [4.78, 5) is 7.16. The van der Waals surface area contributed by atoms with Gasteiger partial charge in [0.05, 0.1) is 0 Å². The van der Waals surface area contributed by atoms with Gasteiger partial charge in [0, 0.05) is 24.9 Å².